The first kappa shape index (κ1) is 23.8. The van der Waals surface area contributed by atoms with Crippen molar-refractivity contribution in [1.29, 1.82) is 0 Å². The fourth-order valence-corrected chi connectivity index (χ4v) is 4.02. The van der Waals surface area contributed by atoms with Crippen molar-refractivity contribution in [2.24, 2.45) is 0 Å². The summed E-state index contributed by atoms with van der Waals surface area (Å²) >= 11 is 0. The van der Waals surface area contributed by atoms with Crippen LogP contribution in [0.4, 0.5) is 4.39 Å². The maximum Gasteiger partial charge on any atom is 0.343 e. The van der Waals surface area contributed by atoms with Crippen LogP contribution in [0.1, 0.15) is 29.0 Å². The van der Waals surface area contributed by atoms with Gasteiger partial charge in [-0.15, -0.1) is 0 Å². The Balaban J connectivity index is 1.64. The molecule has 3 N–H and O–H groups in total. The van der Waals surface area contributed by atoms with Crippen molar-refractivity contribution in [2.45, 2.75) is 18.8 Å². The molecular formula is C27H24FNO6. The molecule has 0 aliphatic rings. The molecule has 3 aromatic carbocycles. The number of carbonyl (C=O) groups excluding carboxylic acids is 1. The van der Waals surface area contributed by atoms with Gasteiger partial charge in [0, 0.05) is 18.9 Å². The third kappa shape index (κ3) is 5.27. The van der Waals surface area contributed by atoms with Crippen molar-refractivity contribution in [3.05, 3.63) is 99.7 Å². The molecule has 0 unspecified atom stereocenters. The number of aromatic hydroxyl groups is 2. The number of halogens is 1. The molecule has 1 amide bonds. The maximum absolute atomic E-state index is 13.1. The van der Waals surface area contributed by atoms with Gasteiger partial charge in [-0.1, -0.05) is 30.3 Å². The van der Waals surface area contributed by atoms with E-state index in [1.54, 1.807) is 42.5 Å². The van der Waals surface area contributed by atoms with Crippen LogP contribution in [-0.2, 0) is 11.2 Å². The SMILES string of the molecule is COc1ccc([C@@H](CC(=O)NCCc2ccc(F)cc2)c2c(O)c3ccccc3oc2=O)cc1O. The van der Waals surface area contributed by atoms with Gasteiger partial charge in [-0.2, -0.15) is 0 Å². The van der Waals surface area contributed by atoms with Crippen LogP contribution in [0, 0.1) is 5.82 Å². The molecule has 8 heteroatoms. The normalized spacial score (nSPS) is 11.8. The topological polar surface area (TPSA) is 109 Å². The third-order valence-corrected chi connectivity index (χ3v) is 5.81. The number of phenolic OH excluding ortho intramolecular Hbond substituents is 1. The number of carbonyl (C=O) groups is 1. The molecule has 1 atom stereocenters. The highest BCUT2D eigenvalue weighted by atomic mass is 19.1. The first-order valence-electron chi connectivity index (χ1n) is 11.0. The molecule has 7 nitrogen and oxygen atoms in total. The predicted molar refractivity (Wildman–Crippen MR) is 128 cm³/mol. The molecular weight excluding hydrogens is 453 g/mol. The molecule has 0 saturated heterocycles. The summed E-state index contributed by atoms with van der Waals surface area (Å²) in [6, 6.07) is 17.1. The lowest BCUT2D eigenvalue weighted by molar-refractivity contribution is -0.121. The Hall–Kier alpha value is -4.33. The van der Waals surface area contributed by atoms with Crippen LogP contribution in [0.25, 0.3) is 11.0 Å². The zero-order valence-electron chi connectivity index (χ0n) is 19.0. The summed E-state index contributed by atoms with van der Waals surface area (Å²) in [7, 11) is 1.41. The van der Waals surface area contributed by atoms with Crippen molar-refractivity contribution in [3.63, 3.8) is 0 Å². The molecule has 0 saturated carbocycles. The molecule has 0 radical (unpaired) electrons. The number of phenols is 1. The molecule has 35 heavy (non-hydrogen) atoms. The number of rotatable bonds is 8. The van der Waals surface area contributed by atoms with Gasteiger partial charge in [0.25, 0.3) is 0 Å². The number of nitrogens with one attached hydrogen (secondary N) is 1. The van der Waals surface area contributed by atoms with Crippen molar-refractivity contribution in [2.75, 3.05) is 13.7 Å². The number of ether oxygens (including phenoxy) is 1. The lowest BCUT2D eigenvalue weighted by atomic mass is 9.87. The first-order valence-corrected chi connectivity index (χ1v) is 11.0. The minimum atomic E-state index is -0.904. The van der Waals surface area contributed by atoms with Crippen LogP contribution in [0.5, 0.6) is 17.2 Å². The van der Waals surface area contributed by atoms with Crippen LogP contribution >= 0.6 is 0 Å². The monoisotopic (exact) mass is 477 g/mol. The Morgan fingerprint density at radius 1 is 1.09 bits per heavy atom. The van der Waals surface area contributed by atoms with Crippen LogP contribution in [-0.4, -0.2) is 29.8 Å². The minimum Gasteiger partial charge on any atom is -0.507 e. The molecule has 4 aromatic rings. The number of hydrogen-bond donors (Lipinski definition) is 3. The molecule has 0 spiro atoms. The number of methoxy groups -OCH3 is 1. The fraction of sp³-hybridized carbons (Fsp3) is 0.185. The summed E-state index contributed by atoms with van der Waals surface area (Å²) in [6.07, 6.45) is 0.301. The quantitative estimate of drug-likeness (QED) is 0.328. The summed E-state index contributed by atoms with van der Waals surface area (Å²) in [6.45, 7) is 0.295. The highest BCUT2D eigenvalue weighted by Gasteiger charge is 2.27. The lowest BCUT2D eigenvalue weighted by Crippen LogP contribution is -2.28. The number of hydrogen-bond acceptors (Lipinski definition) is 6. The molecule has 4 rings (SSSR count). The van der Waals surface area contributed by atoms with E-state index in [-0.39, 0.29) is 46.5 Å². The number of para-hydroxylation sites is 1. The molecule has 0 fully saturated rings. The van der Waals surface area contributed by atoms with Crippen LogP contribution in [0.2, 0.25) is 0 Å². The van der Waals surface area contributed by atoms with E-state index in [0.717, 1.165) is 5.56 Å². The average molecular weight is 477 g/mol. The van der Waals surface area contributed by atoms with Crippen LogP contribution in [0.3, 0.4) is 0 Å². The van der Waals surface area contributed by atoms with Gasteiger partial charge < -0.3 is 24.7 Å². The van der Waals surface area contributed by atoms with E-state index in [2.05, 4.69) is 5.32 Å². The molecule has 0 aliphatic heterocycles. The molecule has 1 heterocycles. The number of amides is 1. The summed E-state index contributed by atoms with van der Waals surface area (Å²) in [5.74, 6) is -1.84. The Morgan fingerprint density at radius 3 is 2.54 bits per heavy atom. The average Bonchev–Trinajstić information content (AvgIpc) is 2.84. The number of benzene rings is 3. The summed E-state index contributed by atoms with van der Waals surface area (Å²) in [5, 5.41) is 24.4. The van der Waals surface area contributed by atoms with Gasteiger partial charge in [0.1, 0.15) is 17.1 Å². The lowest BCUT2D eigenvalue weighted by Gasteiger charge is -2.19. The van der Waals surface area contributed by atoms with Crippen molar-refractivity contribution >= 4 is 16.9 Å². The second-order valence-electron chi connectivity index (χ2n) is 8.06. The summed E-state index contributed by atoms with van der Waals surface area (Å²) in [5.41, 5.74) is 0.646. The smallest absolute Gasteiger partial charge is 0.343 e. The zero-order chi connectivity index (χ0) is 24.9. The Morgan fingerprint density at radius 2 is 1.83 bits per heavy atom. The Bertz CT molecular complexity index is 1410. The van der Waals surface area contributed by atoms with E-state index in [4.69, 9.17) is 9.15 Å². The van der Waals surface area contributed by atoms with Gasteiger partial charge in [-0.25, -0.2) is 9.18 Å². The molecule has 1 aromatic heterocycles. The second-order valence-corrected chi connectivity index (χ2v) is 8.06. The van der Waals surface area contributed by atoms with Crippen LogP contribution < -0.4 is 15.7 Å². The second kappa shape index (κ2) is 10.3. The van der Waals surface area contributed by atoms with E-state index >= 15 is 0 Å². The predicted octanol–water partition coefficient (Wildman–Crippen LogP) is 4.23. The zero-order valence-corrected chi connectivity index (χ0v) is 19.0. The Kier molecular flexibility index (Phi) is 7.01. The van der Waals surface area contributed by atoms with E-state index in [0.29, 0.717) is 23.9 Å². The van der Waals surface area contributed by atoms with Crippen molar-refractivity contribution < 1.29 is 28.6 Å². The van der Waals surface area contributed by atoms with Gasteiger partial charge in [0.05, 0.1) is 18.1 Å². The van der Waals surface area contributed by atoms with Crippen molar-refractivity contribution in [1.82, 2.24) is 5.32 Å². The van der Waals surface area contributed by atoms with Crippen molar-refractivity contribution in [3.8, 4) is 17.2 Å². The van der Waals surface area contributed by atoms with Gasteiger partial charge in [0.2, 0.25) is 5.91 Å². The first-order chi connectivity index (χ1) is 16.9. The van der Waals surface area contributed by atoms with E-state index in [1.165, 1.54) is 31.4 Å². The van der Waals surface area contributed by atoms with E-state index in [9.17, 15) is 24.2 Å². The summed E-state index contributed by atoms with van der Waals surface area (Å²) in [4.78, 5) is 25.8. The maximum atomic E-state index is 13.1. The molecule has 0 aliphatic carbocycles. The van der Waals surface area contributed by atoms with E-state index < -0.39 is 11.5 Å². The minimum absolute atomic E-state index is 0.0815. The molecule has 180 valence electrons. The van der Waals surface area contributed by atoms with Gasteiger partial charge in [0.15, 0.2) is 11.5 Å². The highest BCUT2D eigenvalue weighted by molar-refractivity contribution is 5.85. The standard InChI is InChI=1S/C27H24FNO6/c1-34-23-11-8-17(14-21(23)30)20(15-24(31)29-13-12-16-6-9-18(28)10-7-16)25-26(32)19-4-2-3-5-22(19)35-27(25)33/h2-11,14,20,30,32H,12-13,15H2,1H3,(H,29,31)/t20-/m1/s1. The van der Waals surface area contributed by atoms with Crippen LogP contribution in [0.15, 0.2) is 75.9 Å². The largest absolute Gasteiger partial charge is 0.507 e. The van der Waals surface area contributed by atoms with Gasteiger partial charge in [-0.05, 0) is 53.9 Å². The Labute approximate surface area is 200 Å². The van der Waals surface area contributed by atoms with E-state index in [1.807, 2.05) is 0 Å². The van der Waals surface area contributed by atoms with Gasteiger partial charge >= 0.3 is 5.63 Å². The molecule has 0 bridgehead atoms. The third-order valence-electron chi connectivity index (χ3n) is 5.81. The number of fused-ring (bicyclic) bond motifs is 1. The highest BCUT2D eigenvalue weighted by Crippen LogP contribution is 2.38. The van der Waals surface area contributed by atoms with Gasteiger partial charge in [-0.3, -0.25) is 4.79 Å². The summed E-state index contributed by atoms with van der Waals surface area (Å²) < 4.78 is 23.6. The fourth-order valence-electron chi connectivity index (χ4n) is 4.02.